The van der Waals surface area contributed by atoms with Crippen LogP contribution in [0.15, 0.2) is 18.2 Å². The zero-order valence-electron chi connectivity index (χ0n) is 13.8. The molecule has 22 heavy (non-hydrogen) atoms. The van der Waals surface area contributed by atoms with E-state index in [1.54, 1.807) is 0 Å². The van der Waals surface area contributed by atoms with Crippen LogP contribution >= 0.6 is 0 Å². The molecule has 4 heteroatoms. The Hall–Kier alpha value is -1.13. The number of benzene rings is 1. The second-order valence-electron chi connectivity index (χ2n) is 6.34. The summed E-state index contributed by atoms with van der Waals surface area (Å²) < 4.78 is 14.0. The molecule has 2 N–H and O–H groups in total. The van der Waals surface area contributed by atoms with Crippen LogP contribution in [-0.4, -0.2) is 30.8 Å². The van der Waals surface area contributed by atoms with Crippen molar-refractivity contribution < 1.29 is 9.50 Å². The van der Waals surface area contributed by atoms with Crippen molar-refractivity contribution in [2.75, 3.05) is 24.6 Å². The van der Waals surface area contributed by atoms with Gasteiger partial charge in [-0.2, -0.15) is 0 Å². The first-order valence-corrected chi connectivity index (χ1v) is 8.53. The van der Waals surface area contributed by atoms with Crippen LogP contribution in [0.2, 0.25) is 0 Å². The number of rotatable bonds is 7. The summed E-state index contributed by atoms with van der Waals surface area (Å²) in [5, 5.41) is 12.7. The van der Waals surface area contributed by atoms with E-state index in [0.29, 0.717) is 24.8 Å². The predicted molar refractivity (Wildman–Crippen MR) is 89.6 cm³/mol. The van der Waals surface area contributed by atoms with Crippen LogP contribution in [0.4, 0.5) is 10.1 Å². The van der Waals surface area contributed by atoms with Crippen molar-refractivity contribution in [2.45, 2.75) is 52.1 Å². The lowest BCUT2D eigenvalue weighted by Crippen LogP contribution is -2.36. The van der Waals surface area contributed by atoms with E-state index in [9.17, 15) is 4.39 Å². The van der Waals surface area contributed by atoms with Gasteiger partial charge < -0.3 is 15.3 Å². The molecule has 1 aromatic carbocycles. The number of anilines is 1. The van der Waals surface area contributed by atoms with Gasteiger partial charge >= 0.3 is 0 Å². The van der Waals surface area contributed by atoms with Crippen LogP contribution < -0.4 is 10.2 Å². The van der Waals surface area contributed by atoms with Gasteiger partial charge in [0.1, 0.15) is 5.82 Å². The quantitative estimate of drug-likeness (QED) is 0.811. The van der Waals surface area contributed by atoms with Gasteiger partial charge in [0.2, 0.25) is 0 Å². The predicted octanol–water partition coefficient (Wildman–Crippen LogP) is 3.31. The summed E-state index contributed by atoms with van der Waals surface area (Å²) in [5.74, 6) is 0.500. The highest BCUT2D eigenvalue weighted by atomic mass is 19.1. The van der Waals surface area contributed by atoms with Gasteiger partial charge in [-0.05, 0) is 43.4 Å². The number of nitrogens with zero attached hydrogens (tertiary/aromatic N) is 1. The molecule has 0 heterocycles. The van der Waals surface area contributed by atoms with Crippen LogP contribution in [-0.2, 0) is 6.54 Å². The molecule has 0 aliphatic heterocycles. The average molecular weight is 308 g/mol. The molecule has 3 nitrogen and oxygen atoms in total. The molecule has 124 valence electrons. The lowest BCUT2D eigenvalue weighted by molar-refractivity contribution is 0.279. The Morgan fingerprint density at radius 1 is 1.32 bits per heavy atom. The van der Waals surface area contributed by atoms with E-state index in [1.807, 2.05) is 24.0 Å². The van der Waals surface area contributed by atoms with Gasteiger partial charge in [-0.15, -0.1) is 0 Å². The molecular weight excluding hydrogens is 279 g/mol. The zero-order valence-corrected chi connectivity index (χ0v) is 13.8. The number of likely N-dealkylation sites (N-methyl/N-ethyl adjacent to an activating group) is 1. The Morgan fingerprint density at radius 3 is 2.77 bits per heavy atom. The lowest BCUT2D eigenvalue weighted by atomic mass is 9.86. The summed E-state index contributed by atoms with van der Waals surface area (Å²) in [6, 6.07) is 5.87. The highest BCUT2D eigenvalue weighted by molar-refractivity contribution is 5.50. The van der Waals surface area contributed by atoms with Gasteiger partial charge in [0.05, 0.1) is 12.3 Å². The monoisotopic (exact) mass is 308 g/mol. The molecule has 0 saturated heterocycles. The number of aliphatic hydroxyl groups is 1. The number of nitrogens with one attached hydrogen (secondary N) is 1. The Balaban J connectivity index is 2.02. The first kappa shape index (κ1) is 17.2. The fourth-order valence-corrected chi connectivity index (χ4v) is 3.35. The van der Waals surface area contributed by atoms with Crippen LogP contribution in [0.1, 0.15) is 45.1 Å². The maximum absolute atomic E-state index is 14.0. The van der Waals surface area contributed by atoms with E-state index in [-0.39, 0.29) is 12.4 Å². The van der Waals surface area contributed by atoms with Crippen molar-refractivity contribution in [3.63, 3.8) is 0 Å². The molecule has 1 saturated carbocycles. The largest absolute Gasteiger partial charge is 0.395 e. The molecule has 1 aromatic rings. The Bertz CT molecular complexity index is 466. The Kier molecular flexibility index (Phi) is 6.65. The maximum Gasteiger partial charge on any atom is 0.146 e. The van der Waals surface area contributed by atoms with Gasteiger partial charge in [0, 0.05) is 25.7 Å². The van der Waals surface area contributed by atoms with E-state index < -0.39 is 0 Å². The summed E-state index contributed by atoms with van der Waals surface area (Å²) in [4.78, 5) is 1.88. The minimum absolute atomic E-state index is 0.0371. The molecule has 0 amide bonds. The molecule has 0 spiro atoms. The van der Waals surface area contributed by atoms with E-state index in [4.69, 9.17) is 5.11 Å². The van der Waals surface area contributed by atoms with Crippen LogP contribution in [0.5, 0.6) is 0 Å². The zero-order chi connectivity index (χ0) is 15.9. The molecule has 2 unspecified atom stereocenters. The number of hydrogen-bond acceptors (Lipinski definition) is 3. The summed E-state index contributed by atoms with van der Waals surface area (Å²) in [5.41, 5.74) is 1.69. The first-order chi connectivity index (χ1) is 10.7. The second-order valence-corrected chi connectivity index (χ2v) is 6.34. The Morgan fingerprint density at radius 2 is 2.09 bits per heavy atom. The van der Waals surface area contributed by atoms with Gasteiger partial charge in [0.25, 0.3) is 0 Å². The molecule has 2 atom stereocenters. The minimum Gasteiger partial charge on any atom is -0.395 e. The highest BCUT2D eigenvalue weighted by Gasteiger charge is 2.20. The molecule has 2 rings (SSSR count). The van der Waals surface area contributed by atoms with Gasteiger partial charge in [-0.3, -0.25) is 0 Å². The fourth-order valence-electron chi connectivity index (χ4n) is 3.35. The molecule has 0 radical (unpaired) electrons. The van der Waals surface area contributed by atoms with Crippen molar-refractivity contribution in [3.8, 4) is 0 Å². The van der Waals surface area contributed by atoms with Crippen LogP contribution in [0.3, 0.4) is 0 Å². The SMILES string of the molecule is CCN(CCO)c1cc(CNC2CCCCC2C)ccc1F. The smallest absolute Gasteiger partial charge is 0.146 e. The third kappa shape index (κ3) is 4.43. The van der Waals surface area contributed by atoms with Crippen molar-refractivity contribution in [1.82, 2.24) is 5.32 Å². The number of aliphatic hydroxyl groups excluding tert-OH is 1. The standard InChI is InChI=1S/C18H29FN2O/c1-3-21(10-11-22)18-12-15(8-9-16(18)19)13-20-17-7-5-4-6-14(17)2/h8-9,12,14,17,20,22H,3-7,10-11,13H2,1-2H3. The third-order valence-electron chi connectivity index (χ3n) is 4.78. The maximum atomic E-state index is 14.0. The summed E-state index contributed by atoms with van der Waals surface area (Å²) >= 11 is 0. The van der Waals surface area contributed by atoms with Crippen molar-refractivity contribution in [3.05, 3.63) is 29.6 Å². The normalized spacial score (nSPS) is 21.8. The van der Waals surface area contributed by atoms with Crippen molar-refractivity contribution in [1.29, 1.82) is 0 Å². The average Bonchev–Trinajstić information content (AvgIpc) is 2.53. The molecular formula is C18H29FN2O. The van der Waals surface area contributed by atoms with Crippen LogP contribution in [0, 0.1) is 11.7 Å². The molecule has 1 aliphatic rings. The number of hydrogen-bond donors (Lipinski definition) is 2. The van der Waals surface area contributed by atoms with Gasteiger partial charge in [-0.25, -0.2) is 4.39 Å². The summed E-state index contributed by atoms with van der Waals surface area (Å²) in [6.45, 7) is 6.25. The summed E-state index contributed by atoms with van der Waals surface area (Å²) in [6.07, 6.45) is 5.18. The van der Waals surface area contributed by atoms with Gasteiger partial charge in [0.15, 0.2) is 0 Å². The van der Waals surface area contributed by atoms with Crippen molar-refractivity contribution >= 4 is 5.69 Å². The Labute approximate surface area is 133 Å². The molecule has 1 aliphatic carbocycles. The van der Waals surface area contributed by atoms with E-state index >= 15 is 0 Å². The summed E-state index contributed by atoms with van der Waals surface area (Å²) in [7, 11) is 0. The molecule has 0 bridgehead atoms. The second kappa shape index (κ2) is 8.49. The third-order valence-corrected chi connectivity index (χ3v) is 4.78. The molecule has 0 aromatic heterocycles. The topological polar surface area (TPSA) is 35.5 Å². The van der Waals surface area contributed by atoms with E-state index in [2.05, 4.69) is 12.2 Å². The van der Waals surface area contributed by atoms with E-state index in [0.717, 1.165) is 18.0 Å². The first-order valence-electron chi connectivity index (χ1n) is 8.53. The highest BCUT2D eigenvalue weighted by Crippen LogP contribution is 2.25. The van der Waals surface area contributed by atoms with Crippen molar-refractivity contribution in [2.24, 2.45) is 5.92 Å². The fraction of sp³-hybridized carbons (Fsp3) is 0.667. The molecule has 1 fully saturated rings. The van der Waals surface area contributed by atoms with Gasteiger partial charge in [-0.1, -0.05) is 25.8 Å². The van der Waals surface area contributed by atoms with Crippen LogP contribution in [0.25, 0.3) is 0 Å². The van der Waals surface area contributed by atoms with E-state index in [1.165, 1.54) is 31.7 Å². The lowest BCUT2D eigenvalue weighted by Gasteiger charge is -2.30. The minimum atomic E-state index is -0.218. The number of halogens is 1.